The molecule has 0 atom stereocenters. The average Bonchev–Trinajstić information content (AvgIpc) is 3.15. The zero-order valence-corrected chi connectivity index (χ0v) is 12.5. The Hall–Kier alpha value is -0.570. The van der Waals surface area contributed by atoms with Crippen LogP contribution < -0.4 is 11.1 Å². The Balaban J connectivity index is 1.41. The molecule has 0 radical (unpaired) electrons. The van der Waals surface area contributed by atoms with E-state index in [0.717, 1.165) is 37.3 Å². The van der Waals surface area contributed by atoms with Gasteiger partial charge < -0.3 is 11.1 Å². The minimum absolute atomic E-state index is 0.0214. The number of rotatable bonds is 5. The first-order chi connectivity index (χ1) is 9.63. The van der Waals surface area contributed by atoms with Crippen LogP contribution in [0.4, 0.5) is 0 Å². The summed E-state index contributed by atoms with van der Waals surface area (Å²) in [5, 5.41) is 3.33. The Morgan fingerprint density at radius 3 is 2.05 bits per heavy atom. The van der Waals surface area contributed by atoms with Crippen molar-refractivity contribution >= 4 is 5.91 Å². The molecule has 112 valence electrons. The number of hydrogen-bond donors (Lipinski definition) is 2. The maximum Gasteiger partial charge on any atom is 0.226 e. The van der Waals surface area contributed by atoms with E-state index >= 15 is 0 Å². The Morgan fingerprint density at radius 2 is 1.60 bits per heavy atom. The minimum atomic E-state index is 0.0214. The van der Waals surface area contributed by atoms with Crippen LogP contribution in [-0.2, 0) is 4.79 Å². The maximum atomic E-state index is 12.8. The van der Waals surface area contributed by atoms with Crippen molar-refractivity contribution in [3.8, 4) is 0 Å². The molecule has 0 unspecified atom stereocenters. The van der Waals surface area contributed by atoms with Crippen LogP contribution >= 0.6 is 0 Å². The van der Waals surface area contributed by atoms with Crippen molar-refractivity contribution in [3.63, 3.8) is 0 Å². The quantitative estimate of drug-likeness (QED) is 0.810. The molecule has 0 spiro atoms. The summed E-state index contributed by atoms with van der Waals surface area (Å²) in [5.41, 5.74) is 6.08. The summed E-state index contributed by atoms with van der Waals surface area (Å²) in [6.45, 7) is 1.64. The molecule has 0 aromatic rings. The van der Waals surface area contributed by atoms with Crippen LogP contribution in [0.2, 0.25) is 0 Å². The molecule has 5 aliphatic rings. The largest absolute Gasteiger partial charge is 0.355 e. The fourth-order valence-corrected chi connectivity index (χ4v) is 5.84. The molecule has 4 bridgehead atoms. The topological polar surface area (TPSA) is 55.1 Å². The van der Waals surface area contributed by atoms with E-state index in [9.17, 15) is 4.79 Å². The Kier molecular flexibility index (Phi) is 2.93. The van der Waals surface area contributed by atoms with Crippen LogP contribution in [-0.4, -0.2) is 19.0 Å². The number of carbonyl (C=O) groups is 1. The van der Waals surface area contributed by atoms with Gasteiger partial charge in [0.25, 0.3) is 0 Å². The van der Waals surface area contributed by atoms with E-state index < -0.39 is 0 Å². The van der Waals surface area contributed by atoms with Crippen molar-refractivity contribution in [2.75, 3.05) is 13.1 Å². The van der Waals surface area contributed by atoms with Crippen LogP contribution in [0.3, 0.4) is 0 Å². The number of nitrogens with one attached hydrogen (secondary N) is 1. The third kappa shape index (κ3) is 2.09. The summed E-state index contributed by atoms with van der Waals surface area (Å²) in [6, 6.07) is 0. The van der Waals surface area contributed by atoms with Crippen molar-refractivity contribution < 1.29 is 4.79 Å². The van der Waals surface area contributed by atoms with Gasteiger partial charge >= 0.3 is 0 Å². The molecule has 3 heteroatoms. The van der Waals surface area contributed by atoms with Crippen molar-refractivity contribution in [1.82, 2.24) is 5.32 Å². The summed E-state index contributed by atoms with van der Waals surface area (Å²) >= 11 is 0. The van der Waals surface area contributed by atoms with Crippen LogP contribution in [0, 0.1) is 28.6 Å². The number of carbonyl (C=O) groups excluding carboxylic acids is 1. The lowest BCUT2D eigenvalue weighted by Gasteiger charge is -2.55. The van der Waals surface area contributed by atoms with Gasteiger partial charge in [-0.3, -0.25) is 4.79 Å². The highest BCUT2D eigenvalue weighted by Gasteiger charge is 2.55. The van der Waals surface area contributed by atoms with Crippen LogP contribution in [0.5, 0.6) is 0 Å². The van der Waals surface area contributed by atoms with E-state index in [0.29, 0.717) is 11.3 Å². The molecule has 1 amide bonds. The molecule has 5 rings (SSSR count). The van der Waals surface area contributed by atoms with Crippen LogP contribution in [0.25, 0.3) is 0 Å². The van der Waals surface area contributed by atoms with Crippen LogP contribution in [0.15, 0.2) is 0 Å². The number of hydrogen-bond acceptors (Lipinski definition) is 2. The lowest BCUT2D eigenvalue weighted by Crippen LogP contribution is -2.54. The van der Waals surface area contributed by atoms with Gasteiger partial charge in [-0.05, 0) is 87.5 Å². The molecular weight excluding hydrogens is 248 g/mol. The van der Waals surface area contributed by atoms with Gasteiger partial charge in [-0.2, -0.15) is 0 Å². The minimum Gasteiger partial charge on any atom is -0.355 e. The maximum absolute atomic E-state index is 12.8. The normalized spacial score (nSPS) is 43.5. The molecular formula is C17H28N2O. The van der Waals surface area contributed by atoms with Crippen molar-refractivity contribution in [2.24, 2.45) is 34.3 Å². The Bertz CT molecular complexity index is 378. The first kappa shape index (κ1) is 13.1. The molecule has 5 saturated carbocycles. The summed E-state index contributed by atoms with van der Waals surface area (Å²) < 4.78 is 0. The molecule has 0 aliphatic heterocycles. The Morgan fingerprint density at radius 1 is 1.05 bits per heavy atom. The molecule has 3 nitrogen and oxygen atoms in total. The lowest BCUT2D eigenvalue weighted by molar-refractivity contribution is -0.146. The second-order valence-corrected chi connectivity index (χ2v) is 8.42. The van der Waals surface area contributed by atoms with Crippen molar-refractivity contribution in [1.29, 1.82) is 0 Å². The van der Waals surface area contributed by atoms with E-state index in [2.05, 4.69) is 5.32 Å². The summed E-state index contributed by atoms with van der Waals surface area (Å²) in [7, 11) is 0. The highest BCUT2D eigenvalue weighted by molar-refractivity contribution is 5.83. The van der Waals surface area contributed by atoms with Gasteiger partial charge in [0.05, 0.1) is 0 Å². The van der Waals surface area contributed by atoms with Gasteiger partial charge in [0.15, 0.2) is 0 Å². The van der Waals surface area contributed by atoms with Gasteiger partial charge in [-0.15, -0.1) is 0 Å². The zero-order valence-electron chi connectivity index (χ0n) is 12.5. The predicted molar refractivity (Wildman–Crippen MR) is 79.0 cm³/mol. The summed E-state index contributed by atoms with van der Waals surface area (Å²) in [5.74, 6) is 2.95. The van der Waals surface area contributed by atoms with Crippen molar-refractivity contribution in [3.05, 3.63) is 0 Å². The molecule has 0 saturated heterocycles. The molecule has 0 heterocycles. The van der Waals surface area contributed by atoms with E-state index in [1.54, 1.807) is 0 Å². The fraction of sp³-hybridized carbons (Fsp3) is 0.941. The second-order valence-electron chi connectivity index (χ2n) is 8.42. The third-order valence-corrected chi connectivity index (χ3v) is 6.78. The van der Waals surface area contributed by atoms with E-state index in [4.69, 9.17) is 5.73 Å². The molecule has 3 N–H and O–H groups in total. The van der Waals surface area contributed by atoms with E-state index in [1.807, 2.05) is 0 Å². The summed E-state index contributed by atoms with van der Waals surface area (Å²) in [4.78, 5) is 12.8. The van der Waals surface area contributed by atoms with E-state index in [-0.39, 0.29) is 5.41 Å². The standard InChI is InChI=1S/C17H28N2O/c18-4-3-16(1-2-16)11-19-15(20)17-8-12-5-13(9-17)7-14(6-12)10-17/h12-14H,1-11,18H2,(H,19,20). The molecule has 5 fully saturated rings. The molecule has 0 aromatic carbocycles. The smallest absolute Gasteiger partial charge is 0.226 e. The van der Waals surface area contributed by atoms with E-state index in [1.165, 1.54) is 51.4 Å². The average molecular weight is 276 g/mol. The molecule has 0 aromatic heterocycles. The Labute approximate surface area is 122 Å². The summed E-state index contributed by atoms with van der Waals surface area (Å²) in [6.07, 6.45) is 11.3. The third-order valence-electron chi connectivity index (χ3n) is 6.78. The highest BCUT2D eigenvalue weighted by atomic mass is 16.2. The van der Waals surface area contributed by atoms with Gasteiger partial charge in [-0.1, -0.05) is 0 Å². The monoisotopic (exact) mass is 276 g/mol. The SMILES string of the molecule is NCCC1(CNC(=O)C23CC4CC(CC(C4)C2)C3)CC1. The first-order valence-corrected chi connectivity index (χ1v) is 8.62. The number of amides is 1. The first-order valence-electron chi connectivity index (χ1n) is 8.62. The van der Waals surface area contributed by atoms with Gasteiger partial charge in [0.1, 0.15) is 0 Å². The van der Waals surface area contributed by atoms with Gasteiger partial charge in [0.2, 0.25) is 5.91 Å². The predicted octanol–water partition coefficient (Wildman–Crippen LogP) is 2.45. The van der Waals surface area contributed by atoms with Crippen LogP contribution in [0.1, 0.15) is 57.8 Å². The van der Waals surface area contributed by atoms with Gasteiger partial charge in [-0.25, -0.2) is 0 Å². The van der Waals surface area contributed by atoms with Gasteiger partial charge in [0, 0.05) is 12.0 Å². The molecule has 20 heavy (non-hydrogen) atoms. The fourth-order valence-electron chi connectivity index (χ4n) is 5.84. The zero-order chi connectivity index (χ0) is 13.8. The number of nitrogens with two attached hydrogens (primary N) is 1. The molecule has 5 aliphatic carbocycles. The lowest BCUT2D eigenvalue weighted by atomic mass is 9.49. The highest BCUT2D eigenvalue weighted by Crippen LogP contribution is 2.60. The van der Waals surface area contributed by atoms with Crippen molar-refractivity contribution in [2.45, 2.75) is 57.8 Å². The second kappa shape index (κ2) is 4.46.